The topological polar surface area (TPSA) is 37.4 Å². The average Bonchev–Trinajstić information content (AvgIpc) is 2.48. The monoisotopic (exact) mass is 299 g/mol. The summed E-state index contributed by atoms with van der Waals surface area (Å²) in [5.74, 6) is 0. The van der Waals surface area contributed by atoms with Gasteiger partial charge in [0, 0.05) is 0 Å². The highest BCUT2D eigenvalue weighted by molar-refractivity contribution is 7.89. The zero-order valence-corrected chi connectivity index (χ0v) is 12.7. The predicted molar refractivity (Wildman–Crippen MR) is 84.1 cm³/mol. The van der Waals surface area contributed by atoms with Crippen molar-refractivity contribution in [3.8, 4) is 0 Å². The molecule has 0 aliphatic rings. The van der Waals surface area contributed by atoms with E-state index in [-0.39, 0.29) is 11.4 Å². The van der Waals surface area contributed by atoms with Crippen molar-refractivity contribution in [2.24, 2.45) is 0 Å². The lowest BCUT2D eigenvalue weighted by Gasteiger charge is -2.20. The molecule has 0 N–H and O–H groups in total. The maximum atomic E-state index is 12.7. The highest BCUT2D eigenvalue weighted by atomic mass is 32.2. The Morgan fingerprint density at radius 3 is 2.29 bits per heavy atom. The molecule has 2 aromatic rings. The molecule has 0 aliphatic carbocycles. The smallest absolute Gasteiger partial charge is 0.261 e. The maximum Gasteiger partial charge on any atom is 0.264 e. The standard InChI is InChI=1S/C17H17NO2S/c1-3-13-18(14-16-7-5-4-6-8-16)21(19,20)17-11-9-15(2)10-12-17/h4-13H,1,14H2,2H3. The summed E-state index contributed by atoms with van der Waals surface area (Å²) < 4.78 is 26.6. The van der Waals surface area contributed by atoms with Gasteiger partial charge in [0.05, 0.1) is 17.6 Å². The maximum absolute atomic E-state index is 12.7. The lowest BCUT2D eigenvalue weighted by Crippen LogP contribution is -2.25. The first-order valence-electron chi connectivity index (χ1n) is 6.52. The lowest BCUT2D eigenvalue weighted by molar-refractivity contribution is 0.496. The summed E-state index contributed by atoms with van der Waals surface area (Å²) in [4.78, 5) is 0.260. The summed E-state index contributed by atoms with van der Waals surface area (Å²) in [5, 5.41) is 0. The van der Waals surface area contributed by atoms with Crippen molar-refractivity contribution < 1.29 is 8.42 Å². The second-order valence-electron chi connectivity index (χ2n) is 4.68. The van der Waals surface area contributed by atoms with Crippen LogP contribution < -0.4 is 0 Å². The Morgan fingerprint density at radius 1 is 1.10 bits per heavy atom. The fourth-order valence-electron chi connectivity index (χ4n) is 1.91. The molecule has 21 heavy (non-hydrogen) atoms. The molecule has 0 saturated heterocycles. The predicted octanol–water partition coefficient (Wildman–Crippen LogP) is 3.48. The van der Waals surface area contributed by atoms with Gasteiger partial charge in [-0.2, -0.15) is 0 Å². The Hall–Kier alpha value is -2.29. The van der Waals surface area contributed by atoms with Gasteiger partial charge >= 0.3 is 0 Å². The summed E-state index contributed by atoms with van der Waals surface area (Å²) in [6.07, 6.45) is 1.36. The summed E-state index contributed by atoms with van der Waals surface area (Å²) >= 11 is 0. The minimum absolute atomic E-state index is 0.250. The Bertz CT molecular complexity index is 743. The van der Waals surface area contributed by atoms with E-state index in [0.29, 0.717) is 0 Å². The zero-order chi connectivity index (χ0) is 15.3. The third-order valence-corrected chi connectivity index (χ3v) is 4.76. The van der Waals surface area contributed by atoms with Crippen LogP contribution in [0.15, 0.2) is 78.0 Å². The van der Waals surface area contributed by atoms with Crippen LogP contribution in [-0.2, 0) is 16.6 Å². The lowest BCUT2D eigenvalue weighted by atomic mass is 10.2. The van der Waals surface area contributed by atoms with Crippen LogP contribution in [0.1, 0.15) is 11.1 Å². The van der Waals surface area contributed by atoms with Crippen LogP contribution in [0.5, 0.6) is 0 Å². The van der Waals surface area contributed by atoms with Gasteiger partial charge in [0.1, 0.15) is 0 Å². The van der Waals surface area contributed by atoms with Gasteiger partial charge in [0.15, 0.2) is 0 Å². The molecule has 2 aromatic carbocycles. The third kappa shape index (κ3) is 3.63. The van der Waals surface area contributed by atoms with Crippen molar-refractivity contribution in [3.05, 3.63) is 84.2 Å². The summed E-state index contributed by atoms with van der Waals surface area (Å²) in [5.41, 5.74) is 4.47. The first-order chi connectivity index (χ1) is 10.0. The summed E-state index contributed by atoms with van der Waals surface area (Å²) in [6.45, 7) is 5.64. The quantitative estimate of drug-likeness (QED) is 0.793. The number of aryl methyl sites for hydroxylation is 1. The van der Waals surface area contributed by atoms with Gasteiger partial charge in [0.2, 0.25) is 0 Å². The van der Waals surface area contributed by atoms with E-state index in [4.69, 9.17) is 0 Å². The molecule has 3 nitrogen and oxygen atoms in total. The number of rotatable bonds is 5. The van der Waals surface area contributed by atoms with E-state index in [2.05, 4.69) is 12.3 Å². The minimum Gasteiger partial charge on any atom is -0.261 e. The van der Waals surface area contributed by atoms with E-state index in [1.165, 1.54) is 10.5 Å². The summed E-state index contributed by atoms with van der Waals surface area (Å²) in [7, 11) is -3.60. The van der Waals surface area contributed by atoms with Gasteiger partial charge in [-0.05, 0) is 24.6 Å². The highest BCUT2D eigenvalue weighted by Crippen LogP contribution is 2.19. The Labute approximate surface area is 125 Å². The Balaban J connectivity index is 2.37. The first kappa shape index (κ1) is 15.1. The molecule has 4 heteroatoms. The molecule has 108 valence electrons. The van der Waals surface area contributed by atoms with E-state index in [0.717, 1.165) is 11.1 Å². The molecule has 0 fully saturated rings. The first-order valence-corrected chi connectivity index (χ1v) is 7.96. The molecule has 0 radical (unpaired) electrons. The van der Waals surface area contributed by atoms with Gasteiger partial charge in [-0.25, -0.2) is 8.42 Å². The molecule has 0 atom stereocenters. The molecule has 0 aromatic heterocycles. The van der Waals surface area contributed by atoms with Crippen LogP contribution >= 0.6 is 0 Å². The van der Waals surface area contributed by atoms with Crippen LogP contribution in [-0.4, -0.2) is 12.7 Å². The molecule has 0 aliphatic heterocycles. The second-order valence-corrected chi connectivity index (χ2v) is 6.57. The molecule has 0 heterocycles. The minimum atomic E-state index is -3.60. The SMILES string of the molecule is C=C=CN(Cc1ccccc1)S(=O)(=O)c1ccc(C)cc1. The van der Waals surface area contributed by atoms with Crippen molar-refractivity contribution in [1.29, 1.82) is 0 Å². The molecule has 0 amide bonds. The molecule has 0 bridgehead atoms. The molecular formula is C17H17NO2S. The van der Waals surface area contributed by atoms with E-state index >= 15 is 0 Å². The van der Waals surface area contributed by atoms with Crippen LogP contribution in [0.2, 0.25) is 0 Å². The number of benzene rings is 2. The Kier molecular flexibility index (Phi) is 4.63. The van der Waals surface area contributed by atoms with E-state index in [9.17, 15) is 8.42 Å². The van der Waals surface area contributed by atoms with Crippen LogP contribution in [0.3, 0.4) is 0 Å². The Morgan fingerprint density at radius 2 is 1.71 bits per heavy atom. The normalized spacial score (nSPS) is 10.7. The van der Waals surface area contributed by atoms with Crippen LogP contribution in [0.25, 0.3) is 0 Å². The second kappa shape index (κ2) is 6.44. The molecule has 2 rings (SSSR count). The van der Waals surface area contributed by atoms with Crippen molar-refractivity contribution in [3.63, 3.8) is 0 Å². The van der Waals surface area contributed by atoms with E-state index in [1.807, 2.05) is 37.3 Å². The van der Waals surface area contributed by atoms with Gasteiger partial charge in [-0.15, -0.1) is 5.73 Å². The van der Waals surface area contributed by atoms with Crippen LogP contribution in [0, 0.1) is 6.92 Å². The third-order valence-electron chi connectivity index (χ3n) is 3.04. The number of hydrogen-bond acceptors (Lipinski definition) is 2. The molecule has 0 unspecified atom stereocenters. The molecule has 0 spiro atoms. The highest BCUT2D eigenvalue weighted by Gasteiger charge is 2.21. The van der Waals surface area contributed by atoms with Crippen molar-refractivity contribution in [2.45, 2.75) is 18.4 Å². The van der Waals surface area contributed by atoms with Crippen molar-refractivity contribution in [1.82, 2.24) is 4.31 Å². The number of sulfonamides is 1. The average molecular weight is 299 g/mol. The van der Waals surface area contributed by atoms with Gasteiger partial charge in [-0.1, -0.05) is 54.6 Å². The zero-order valence-electron chi connectivity index (χ0n) is 11.9. The van der Waals surface area contributed by atoms with Gasteiger partial charge in [0.25, 0.3) is 10.0 Å². The fraction of sp³-hybridized carbons (Fsp3) is 0.118. The largest absolute Gasteiger partial charge is 0.264 e. The molecular weight excluding hydrogens is 282 g/mol. The fourth-order valence-corrected chi connectivity index (χ4v) is 3.19. The van der Waals surface area contributed by atoms with Crippen molar-refractivity contribution >= 4 is 10.0 Å². The van der Waals surface area contributed by atoms with E-state index in [1.54, 1.807) is 24.3 Å². The number of nitrogens with zero attached hydrogens (tertiary/aromatic N) is 1. The molecule has 0 saturated carbocycles. The number of hydrogen-bond donors (Lipinski definition) is 0. The van der Waals surface area contributed by atoms with Gasteiger partial charge < -0.3 is 0 Å². The van der Waals surface area contributed by atoms with Crippen LogP contribution in [0.4, 0.5) is 0 Å². The van der Waals surface area contributed by atoms with Gasteiger partial charge in [-0.3, -0.25) is 4.31 Å². The van der Waals surface area contributed by atoms with E-state index < -0.39 is 10.0 Å². The van der Waals surface area contributed by atoms with Crippen molar-refractivity contribution in [2.75, 3.05) is 0 Å². The summed E-state index contributed by atoms with van der Waals surface area (Å²) in [6, 6.07) is 16.2.